The van der Waals surface area contributed by atoms with Gasteiger partial charge in [-0.05, 0) is 46.7 Å². The lowest BCUT2D eigenvalue weighted by Crippen LogP contribution is -2.05. The number of benzene rings is 2. The molecule has 0 bridgehead atoms. The van der Waals surface area contributed by atoms with E-state index in [1.54, 1.807) is 19.1 Å². The highest BCUT2D eigenvalue weighted by Gasteiger charge is 2.10. The van der Waals surface area contributed by atoms with Crippen molar-refractivity contribution in [1.29, 1.82) is 0 Å². The van der Waals surface area contributed by atoms with Crippen molar-refractivity contribution in [2.75, 3.05) is 5.32 Å². The van der Waals surface area contributed by atoms with E-state index < -0.39 is 5.82 Å². The van der Waals surface area contributed by atoms with Gasteiger partial charge in [0.2, 0.25) is 0 Å². The Morgan fingerprint density at radius 3 is 2.52 bits per heavy atom. The van der Waals surface area contributed by atoms with Gasteiger partial charge in [-0.3, -0.25) is 0 Å². The molecular formula is C16H16FN5O. The average Bonchev–Trinajstić information content (AvgIpc) is 3.00. The van der Waals surface area contributed by atoms with Gasteiger partial charge in [0.05, 0.1) is 6.61 Å². The molecule has 1 heterocycles. The van der Waals surface area contributed by atoms with E-state index in [0.717, 1.165) is 16.8 Å². The number of anilines is 1. The van der Waals surface area contributed by atoms with Gasteiger partial charge in [0.1, 0.15) is 11.5 Å². The second-order valence-electron chi connectivity index (χ2n) is 5.13. The molecule has 23 heavy (non-hydrogen) atoms. The largest absolute Gasteiger partial charge is 0.392 e. The van der Waals surface area contributed by atoms with Crippen LogP contribution in [-0.2, 0) is 13.2 Å². The topological polar surface area (TPSA) is 75.9 Å². The molecule has 6 nitrogen and oxygen atoms in total. The second kappa shape index (κ2) is 6.53. The second-order valence-corrected chi connectivity index (χ2v) is 5.13. The summed E-state index contributed by atoms with van der Waals surface area (Å²) in [5.41, 5.74) is 2.99. The number of halogens is 1. The normalized spacial score (nSPS) is 10.7. The lowest BCUT2D eigenvalue weighted by atomic mass is 10.1. The molecule has 2 aromatic carbocycles. The van der Waals surface area contributed by atoms with Gasteiger partial charge in [0, 0.05) is 12.2 Å². The fourth-order valence-corrected chi connectivity index (χ4v) is 2.21. The summed E-state index contributed by atoms with van der Waals surface area (Å²) in [5.74, 6) is 0.124. The molecule has 118 valence electrons. The summed E-state index contributed by atoms with van der Waals surface area (Å²) in [6, 6.07) is 12.3. The Morgan fingerprint density at radius 2 is 1.87 bits per heavy atom. The number of aliphatic hydroxyl groups is 1. The van der Waals surface area contributed by atoms with Crippen LogP contribution < -0.4 is 5.32 Å². The third kappa shape index (κ3) is 3.35. The summed E-state index contributed by atoms with van der Waals surface area (Å²) in [7, 11) is 0. The van der Waals surface area contributed by atoms with Gasteiger partial charge >= 0.3 is 0 Å². The minimum absolute atomic E-state index is 0.0281. The highest BCUT2D eigenvalue weighted by molar-refractivity contribution is 5.52. The van der Waals surface area contributed by atoms with Gasteiger partial charge < -0.3 is 10.4 Å². The van der Waals surface area contributed by atoms with E-state index in [4.69, 9.17) is 5.11 Å². The summed E-state index contributed by atoms with van der Waals surface area (Å²) in [4.78, 5) is 0. The number of hydrogen-bond acceptors (Lipinski definition) is 5. The van der Waals surface area contributed by atoms with E-state index in [1.165, 1.54) is 10.7 Å². The summed E-state index contributed by atoms with van der Waals surface area (Å²) in [6.07, 6.45) is 0. The first-order chi connectivity index (χ1) is 11.2. The Bertz CT molecular complexity index is 800. The molecule has 0 spiro atoms. The maximum atomic E-state index is 14.0. The summed E-state index contributed by atoms with van der Waals surface area (Å²) >= 11 is 0. The van der Waals surface area contributed by atoms with Crippen LogP contribution in [0.4, 0.5) is 10.1 Å². The van der Waals surface area contributed by atoms with Crippen LogP contribution in [0.5, 0.6) is 0 Å². The van der Waals surface area contributed by atoms with Crippen LogP contribution in [0.2, 0.25) is 0 Å². The number of aliphatic hydroxyl groups excluding tert-OH is 1. The zero-order valence-electron chi connectivity index (χ0n) is 12.6. The van der Waals surface area contributed by atoms with Crippen LogP contribution in [0.25, 0.3) is 5.69 Å². The van der Waals surface area contributed by atoms with E-state index in [0.29, 0.717) is 18.1 Å². The van der Waals surface area contributed by atoms with Gasteiger partial charge in [-0.1, -0.05) is 24.3 Å². The molecule has 7 heteroatoms. The Balaban J connectivity index is 1.77. The number of hydrogen-bond donors (Lipinski definition) is 2. The molecule has 2 N–H and O–H groups in total. The Labute approximate surface area is 132 Å². The van der Waals surface area contributed by atoms with Crippen molar-refractivity contribution in [1.82, 2.24) is 20.2 Å². The van der Waals surface area contributed by atoms with Crippen LogP contribution in [0, 0.1) is 12.7 Å². The standard InChI is InChI=1S/C16H16FN5O/c1-11-19-20-21-22(11)16-8-14(6-7-15(16)17)18-9-12-2-4-13(10-23)5-3-12/h2-8,18,23H,9-10H2,1H3. The number of tetrazole rings is 1. The molecule has 1 aromatic heterocycles. The zero-order valence-corrected chi connectivity index (χ0v) is 12.6. The molecular weight excluding hydrogens is 297 g/mol. The maximum absolute atomic E-state index is 14.0. The molecule has 3 rings (SSSR count). The molecule has 0 radical (unpaired) electrons. The molecule has 3 aromatic rings. The van der Waals surface area contributed by atoms with E-state index in [1.807, 2.05) is 24.3 Å². The number of rotatable bonds is 5. The molecule has 0 unspecified atom stereocenters. The van der Waals surface area contributed by atoms with Crippen molar-refractivity contribution in [3.63, 3.8) is 0 Å². The van der Waals surface area contributed by atoms with Crippen LogP contribution in [-0.4, -0.2) is 25.3 Å². The molecule has 0 saturated heterocycles. The van der Waals surface area contributed by atoms with E-state index in [-0.39, 0.29) is 6.61 Å². The molecule has 0 aliphatic rings. The van der Waals surface area contributed by atoms with Crippen molar-refractivity contribution in [3.8, 4) is 5.69 Å². The third-order valence-corrected chi connectivity index (χ3v) is 3.50. The predicted molar refractivity (Wildman–Crippen MR) is 83.5 cm³/mol. The van der Waals surface area contributed by atoms with Crippen molar-refractivity contribution < 1.29 is 9.50 Å². The molecule has 0 amide bonds. The number of aryl methyl sites for hydroxylation is 1. The lowest BCUT2D eigenvalue weighted by molar-refractivity contribution is 0.282. The van der Waals surface area contributed by atoms with Crippen LogP contribution in [0.3, 0.4) is 0 Å². The lowest BCUT2D eigenvalue weighted by Gasteiger charge is -2.10. The SMILES string of the molecule is Cc1nnnn1-c1cc(NCc2ccc(CO)cc2)ccc1F. The van der Waals surface area contributed by atoms with Crippen molar-refractivity contribution in [2.24, 2.45) is 0 Å². The molecule has 0 aliphatic carbocycles. The first-order valence-corrected chi connectivity index (χ1v) is 7.15. The first kappa shape index (κ1) is 15.1. The smallest absolute Gasteiger partial charge is 0.153 e. The summed E-state index contributed by atoms with van der Waals surface area (Å²) in [5, 5.41) is 23.4. The highest BCUT2D eigenvalue weighted by Crippen LogP contribution is 2.19. The van der Waals surface area contributed by atoms with Gasteiger partial charge in [-0.2, -0.15) is 4.68 Å². The summed E-state index contributed by atoms with van der Waals surface area (Å²) in [6.45, 7) is 2.33. The fourth-order valence-electron chi connectivity index (χ4n) is 2.21. The quantitative estimate of drug-likeness (QED) is 0.755. The molecule has 0 atom stereocenters. The van der Waals surface area contributed by atoms with Crippen molar-refractivity contribution in [3.05, 3.63) is 65.2 Å². The Kier molecular flexibility index (Phi) is 4.29. The van der Waals surface area contributed by atoms with E-state index in [2.05, 4.69) is 20.8 Å². The van der Waals surface area contributed by atoms with Crippen LogP contribution in [0.15, 0.2) is 42.5 Å². The van der Waals surface area contributed by atoms with Gasteiger partial charge in [0.25, 0.3) is 0 Å². The Morgan fingerprint density at radius 1 is 1.13 bits per heavy atom. The third-order valence-electron chi connectivity index (χ3n) is 3.50. The van der Waals surface area contributed by atoms with Crippen molar-refractivity contribution in [2.45, 2.75) is 20.1 Å². The van der Waals surface area contributed by atoms with Gasteiger partial charge in [-0.25, -0.2) is 4.39 Å². The average molecular weight is 313 g/mol. The number of nitrogens with one attached hydrogen (secondary N) is 1. The van der Waals surface area contributed by atoms with Crippen molar-refractivity contribution >= 4 is 5.69 Å². The zero-order chi connectivity index (χ0) is 16.2. The first-order valence-electron chi connectivity index (χ1n) is 7.15. The minimum atomic E-state index is -0.391. The molecule has 0 aliphatic heterocycles. The molecule has 0 saturated carbocycles. The highest BCUT2D eigenvalue weighted by atomic mass is 19.1. The monoisotopic (exact) mass is 313 g/mol. The number of nitrogens with zero attached hydrogens (tertiary/aromatic N) is 4. The number of aromatic nitrogens is 4. The predicted octanol–water partition coefficient (Wildman–Crippen LogP) is 2.21. The van der Waals surface area contributed by atoms with E-state index >= 15 is 0 Å². The van der Waals surface area contributed by atoms with E-state index in [9.17, 15) is 4.39 Å². The van der Waals surface area contributed by atoms with Gasteiger partial charge in [-0.15, -0.1) is 5.10 Å². The maximum Gasteiger partial charge on any atom is 0.153 e. The summed E-state index contributed by atoms with van der Waals surface area (Å²) < 4.78 is 15.3. The Hall–Kier alpha value is -2.80. The van der Waals surface area contributed by atoms with Crippen LogP contribution in [0.1, 0.15) is 17.0 Å². The minimum Gasteiger partial charge on any atom is -0.392 e. The van der Waals surface area contributed by atoms with Crippen LogP contribution >= 0.6 is 0 Å². The fraction of sp³-hybridized carbons (Fsp3) is 0.188. The molecule has 0 fully saturated rings. The van der Waals surface area contributed by atoms with Gasteiger partial charge in [0.15, 0.2) is 5.82 Å².